The summed E-state index contributed by atoms with van der Waals surface area (Å²) in [5, 5.41) is 11.0. The van der Waals surface area contributed by atoms with Crippen LogP contribution in [0.2, 0.25) is 0 Å². The van der Waals surface area contributed by atoms with Crippen LogP contribution in [-0.2, 0) is 23.2 Å². The van der Waals surface area contributed by atoms with Gasteiger partial charge in [0, 0.05) is 25.1 Å². The minimum Gasteiger partial charge on any atom is -0.493 e. The fourth-order valence-corrected chi connectivity index (χ4v) is 3.00. The van der Waals surface area contributed by atoms with Crippen LogP contribution in [0.5, 0.6) is 5.75 Å². The van der Waals surface area contributed by atoms with Crippen molar-refractivity contribution in [1.29, 1.82) is 0 Å². The Morgan fingerprint density at radius 3 is 3.09 bits per heavy atom. The van der Waals surface area contributed by atoms with Gasteiger partial charge in [0.1, 0.15) is 17.9 Å². The fourth-order valence-electron chi connectivity index (χ4n) is 3.00. The van der Waals surface area contributed by atoms with Crippen LogP contribution in [0.1, 0.15) is 31.7 Å². The monoisotopic (exact) mass is 314 g/mol. The molecule has 0 aliphatic carbocycles. The van der Waals surface area contributed by atoms with Gasteiger partial charge in [0.25, 0.3) is 0 Å². The highest BCUT2D eigenvalue weighted by molar-refractivity contribution is 5.88. The first-order chi connectivity index (χ1) is 11.1. The van der Waals surface area contributed by atoms with Crippen LogP contribution in [0.25, 0.3) is 0 Å². The molecular weight excluding hydrogens is 292 g/mol. The van der Waals surface area contributed by atoms with E-state index < -0.39 is 5.41 Å². The average molecular weight is 314 g/mol. The van der Waals surface area contributed by atoms with Gasteiger partial charge in [0.2, 0.25) is 5.91 Å². The van der Waals surface area contributed by atoms with Gasteiger partial charge >= 0.3 is 0 Å². The van der Waals surface area contributed by atoms with E-state index in [0.717, 1.165) is 23.7 Å². The number of carbonyl (C=O) groups is 1. The molecule has 2 heterocycles. The number of fused-ring (bicyclic) bond motifs is 1. The summed E-state index contributed by atoms with van der Waals surface area (Å²) >= 11 is 0. The second kappa shape index (κ2) is 6.40. The van der Waals surface area contributed by atoms with E-state index in [1.165, 1.54) is 0 Å². The van der Waals surface area contributed by atoms with Crippen LogP contribution < -0.4 is 10.1 Å². The zero-order valence-corrected chi connectivity index (χ0v) is 13.6. The Morgan fingerprint density at radius 2 is 2.26 bits per heavy atom. The summed E-state index contributed by atoms with van der Waals surface area (Å²) in [5.41, 5.74) is 0.410. The fraction of sp³-hybridized carbons (Fsp3) is 0.471. The van der Waals surface area contributed by atoms with Crippen molar-refractivity contribution in [3.63, 3.8) is 0 Å². The van der Waals surface area contributed by atoms with E-state index in [9.17, 15) is 4.79 Å². The van der Waals surface area contributed by atoms with E-state index in [1.54, 1.807) is 6.33 Å². The quantitative estimate of drug-likeness (QED) is 0.912. The van der Waals surface area contributed by atoms with Crippen molar-refractivity contribution in [2.45, 2.75) is 38.6 Å². The van der Waals surface area contributed by atoms with Gasteiger partial charge < -0.3 is 14.6 Å². The first-order valence-electron chi connectivity index (χ1n) is 8.02. The molecule has 0 bridgehead atoms. The normalized spacial score (nSPS) is 19.7. The minimum absolute atomic E-state index is 0.0378. The van der Waals surface area contributed by atoms with Crippen molar-refractivity contribution < 1.29 is 9.53 Å². The maximum Gasteiger partial charge on any atom is 0.230 e. The van der Waals surface area contributed by atoms with Gasteiger partial charge in [-0.05, 0) is 26.3 Å². The number of para-hydroxylation sites is 1. The van der Waals surface area contributed by atoms with E-state index in [2.05, 4.69) is 15.5 Å². The third kappa shape index (κ3) is 2.93. The molecule has 0 saturated heterocycles. The zero-order chi connectivity index (χ0) is 16.3. The standard InChI is InChI=1S/C17H22N4O2/c1-3-21-12-19-20-15(21)8-10-18-16(22)17(2)9-11-23-14-7-5-4-6-13(14)17/h4-7,12H,3,8-11H2,1-2H3,(H,18,22). The molecule has 1 atom stereocenters. The number of hydrogen-bond acceptors (Lipinski definition) is 4. The van der Waals surface area contributed by atoms with Crippen LogP contribution in [0.15, 0.2) is 30.6 Å². The van der Waals surface area contributed by atoms with Crippen LogP contribution in [0.4, 0.5) is 0 Å². The molecule has 6 heteroatoms. The summed E-state index contributed by atoms with van der Waals surface area (Å²) in [4.78, 5) is 12.8. The lowest BCUT2D eigenvalue weighted by Gasteiger charge is -2.34. The Labute approximate surface area is 135 Å². The van der Waals surface area contributed by atoms with Gasteiger partial charge in [0.15, 0.2) is 0 Å². The maximum atomic E-state index is 12.8. The number of aromatic nitrogens is 3. The van der Waals surface area contributed by atoms with E-state index in [-0.39, 0.29) is 5.91 Å². The highest BCUT2D eigenvalue weighted by Crippen LogP contribution is 2.38. The van der Waals surface area contributed by atoms with Crippen molar-refractivity contribution in [2.75, 3.05) is 13.2 Å². The van der Waals surface area contributed by atoms with Gasteiger partial charge in [-0.3, -0.25) is 4.79 Å². The van der Waals surface area contributed by atoms with Crippen molar-refractivity contribution >= 4 is 5.91 Å². The lowest BCUT2D eigenvalue weighted by Crippen LogP contribution is -2.45. The van der Waals surface area contributed by atoms with Crippen molar-refractivity contribution in [2.24, 2.45) is 0 Å². The molecule has 1 amide bonds. The maximum absolute atomic E-state index is 12.8. The largest absolute Gasteiger partial charge is 0.493 e. The summed E-state index contributed by atoms with van der Waals surface area (Å²) in [6, 6.07) is 7.77. The van der Waals surface area contributed by atoms with Crippen molar-refractivity contribution in [1.82, 2.24) is 20.1 Å². The van der Waals surface area contributed by atoms with E-state index in [1.807, 2.05) is 42.7 Å². The number of nitrogens with zero attached hydrogens (tertiary/aromatic N) is 3. The molecular formula is C17H22N4O2. The predicted molar refractivity (Wildman–Crippen MR) is 86.3 cm³/mol. The molecule has 0 radical (unpaired) electrons. The lowest BCUT2D eigenvalue weighted by atomic mass is 9.77. The molecule has 1 aliphatic rings. The summed E-state index contributed by atoms with van der Waals surface area (Å²) in [5.74, 6) is 1.74. The molecule has 122 valence electrons. The molecule has 6 nitrogen and oxygen atoms in total. The molecule has 23 heavy (non-hydrogen) atoms. The Balaban J connectivity index is 1.67. The zero-order valence-electron chi connectivity index (χ0n) is 13.6. The number of benzene rings is 1. The Morgan fingerprint density at radius 1 is 1.43 bits per heavy atom. The molecule has 1 N–H and O–H groups in total. The Kier molecular flexibility index (Phi) is 4.32. The number of aryl methyl sites for hydroxylation is 1. The first kappa shape index (κ1) is 15.5. The molecule has 0 saturated carbocycles. The summed E-state index contributed by atoms with van der Waals surface area (Å²) < 4.78 is 7.64. The number of hydrogen-bond donors (Lipinski definition) is 1. The van der Waals surface area contributed by atoms with Gasteiger partial charge in [-0.1, -0.05) is 18.2 Å². The molecule has 3 rings (SSSR count). The average Bonchev–Trinajstić information content (AvgIpc) is 3.03. The van der Waals surface area contributed by atoms with E-state index in [0.29, 0.717) is 26.0 Å². The highest BCUT2D eigenvalue weighted by atomic mass is 16.5. The first-order valence-corrected chi connectivity index (χ1v) is 8.02. The lowest BCUT2D eigenvalue weighted by molar-refractivity contribution is -0.127. The number of nitrogens with one attached hydrogen (secondary N) is 1. The van der Waals surface area contributed by atoms with Crippen molar-refractivity contribution in [3.8, 4) is 5.75 Å². The number of carbonyl (C=O) groups excluding carboxylic acids is 1. The van der Waals surface area contributed by atoms with E-state index >= 15 is 0 Å². The van der Waals surface area contributed by atoms with Gasteiger partial charge in [-0.2, -0.15) is 0 Å². The SMILES string of the molecule is CCn1cnnc1CCNC(=O)C1(C)CCOc2ccccc21. The molecule has 1 unspecified atom stereocenters. The summed E-state index contributed by atoms with van der Waals surface area (Å²) in [6.45, 7) is 5.98. The van der Waals surface area contributed by atoms with Crippen LogP contribution >= 0.6 is 0 Å². The third-order valence-electron chi connectivity index (χ3n) is 4.51. The topological polar surface area (TPSA) is 69.0 Å². The Bertz CT molecular complexity index is 697. The second-order valence-electron chi connectivity index (χ2n) is 5.97. The van der Waals surface area contributed by atoms with Crippen LogP contribution in [0, 0.1) is 0 Å². The molecule has 1 aromatic carbocycles. The molecule has 0 spiro atoms. The van der Waals surface area contributed by atoms with Gasteiger partial charge in [0.05, 0.1) is 12.0 Å². The third-order valence-corrected chi connectivity index (χ3v) is 4.51. The second-order valence-corrected chi connectivity index (χ2v) is 5.97. The smallest absolute Gasteiger partial charge is 0.230 e. The number of rotatable bonds is 5. The van der Waals surface area contributed by atoms with Gasteiger partial charge in [-0.15, -0.1) is 10.2 Å². The number of ether oxygens (including phenoxy) is 1. The van der Waals surface area contributed by atoms with Crippen LogP contribution in [-0.4, -0.2) is 33.8 Å². The van der Waals surface area contributed by atoms with Crippen molar-refractivity contribution in [3.05, 3.63) is 42.0 Å². The molecule has 0 fully saturated rings. The number of amides is 1. The van der Waals surface area contributed by atoms with E-state index in [4.69, 9.17) is 4.74 Å². The minimum atomic E-state index is -0.548. The predicted octanol–water partition coefficient (Wildman–Crippen LogP) is 1.70. The van der Waals surface area contributed by atoms with Crippen LogP contribution in [0.3, 0.4) is 0 Å². The summed E-state index contributed by atoms with van der Waals surface area (Å²) in [7, 11) is 0. The highest BCUT2D eigenvalue weighted by Gasteiger charge is 2.39. The molecule has 1 aromatic heterocycles. The summed E-state index contributed by atoms with van der Waals surface area (Å²) in [6.07, 6.45) is 3.07. The van der Waals surface area contributed by atoms with Gasteiger partial charge in [-0.25, -0.2) is 0 Å². The molecule has 1 aliphatic heterocycles. The Hall–Kier alpha value is -2.37. The molecule has 2 aromatic rings.